The van der Waals surface area contributed by atoms with Gasteiger partial charge in [-0.1, -0.05) is 0 Å². The van der Waals surface area contributed by atoms with Gasteiger partial charge in [0.15, 0.2) is 0 Å². The molecule has 1 N–H and O–H groups in total. The Kier molecular flexibility index (Phi) is 4.56. The predicted molar refractivity (Wildman–Crippen MR) is 77.0 cm³/mol. The summed E-state index contributed by atoms with van der Waals surface area (Å²) in [6.45, 7) is 1.83. The van der Waals surface area contributed by atoms with Crippen LogP contribution in [0.3, 0.4) is 0 Å². The van der Waals surface area contributed by atoms with Gasteiger partial charge in [-0.2, -0.15) is 4.31 Å². The average Bonchev–Trinajstić information content (AvgIpc) is 2.47. The lowest BCUT2D eigenvalue weighted by atomic mass is 10.1. The van der Waals surface area contributed by atoms with Gasteiger partial charge in [0.05, 0.1) is 12.4 Å². The van der Waals surface area contributed by atoms with Gasteiger partial charge in [0.1, 0.15) is 4.90 Å². The Bertz CT molecular complexity index is 537. The van der Waals surface area contributed by atoms with Crippen LogP contribution in [0.15, 0.2) is 17.3 Å². The van der Waals surface area contributed by atoms with E-state index in [0.29, 0.717) is 5.95 Å². The highest BCUT2D eigenvalue weighted by Gasteiger charge is 2.30. The molecule has 2 heterocycles. The molecule has 1 aromatic heterocycles. The molecule has 1 fully saturated rings. The minimum atomic E-state index is -3.52. The van der Waals surface area contributed by atoms with Gasteiger partial charge in [0.25, 0.3) is 0 Å². The highest BCUT2D eigenvalue weighted by Crippen LogP contribution is 2.21. The van der Waals surface area contributed by atoms with Crippen LogP contribution in [0.5, 0.6) is 0 Å². The molecule has 1 aliphatic rings. The standard InChI is InChI=1S/C12H21N5O2S/c1-13-12-14-8-11(9-15-12)20(18,19)17(3)10-4-6-16(2)7-5-10/h8-10H,4-7H2,1-3H3,(H,13,14,15). The molecule has 112 valence electrons. The number of sulfonamides is 1. The Labute approximate surface area is 120 Å². The van der Waals surface area contributed by atoms with Gasteiger partial charge in [-0.05, 0) is 33.0 Å². The molecule has 1 aromatic rings. The zero-order chi connectivity index (χ0) is 14.8. The summed E-state index contributed by atoms with van der Waals surface area (Å²) in [7, 11) is 1.86. The van der Waals surface area contributed by atoms with Crippen LogP contribution in [0.25, 0.3) is 0 Å². The van der Waals surface area contributed by atoms with Crippen molar-refractivity contribution in [1.82, 2.24) is 19.2 Å². The summed E-state index contributed by atoms with van der Waals surface area (Å²) in [5, 5.41) is 2.77. The maximum atomic E-state index is 12.5. The topological polar surface area (TPSA) is 78.4 Å². The van der Waals surface area contributed by atoms with Crippen molar-refractivity contribution in [2.45, 2.75) is 23.8 Å². The van der Waals surface area contributed by atoms with Crippen molar-refractivity contribution in [2.75, 3.05) is 39.5 Å². The minimum absolute atomic E-state index is 0.0418. The molecule has 0 unspecified atom stereocenters. The molecule has 0 radical (unpaired) electrons. The zero-order valence-corrected chi connectivity index (χ0v) is 12.9. The van der Waals surface area contributed by atoms with E-state index in [2.05, 4.69) is 27.2 Å². The van der Waals surface area contributed by atoms with Crippen LogP contribution in [-0.2, 0) is 10.0 Å². The second-order valence-corrected chi connectivity index (χ2v) is 7.05. The summed E-state index contributed by atoms with van der Waals surface area (Å²) in [5.41, 5.74) is 0. The van der Waals surface area contributed by atoms with Gasteiger partial charge in [-0.25, -0.2) is 18.4 Å². The fourth-order valence-corrected chi connectivity index (χ4v) is 3.61. The summed E-state index contributed by atoms with van der Waals surface area (Å²) in [6, 6.07) is 0.0418. The molecular formula is C12H21N5O2S. The number of anilines is 1. The summed E-state index contributed by atoms with van der Waals surface area (Å²) < 4.78 is 26.5. The zero-order valence-electron chi connectivity index (χ0n) is 12.1. The first-order valence-electron chi connectivity index (χ1n) is 6.61. The second kappa shape index (κ2) is 6.02. The lowest BCUT2D eigenvalue weighted by Gasteiger charge is -2.34. The molecule has 0 amide bonds. The first kappa shape index (κ1) is 15.1. The first-order valence-corrected chi connectivity index (χ1v) is 8.05. The van der Waals surface area contributed by atoms with Crippen LogP contribution in [0.2, 0.25) is 0 Å². The van der Waals surface area contributed by atoms with E-state index >= 15 is 0 Å². The Morgan fingerprint density at radius 3 is 2.35 bits per heavy atom. The first-order chi connectivity index (χ1) is 9.45. The number of piperidine rings is 1. The van der Waals surface area contributed by atoms with Gasteiger partial charge in [-0.15, -0.1) is 0 Å². The molecule has 7 nitrogen and oxygen atoms in total. The molecule has 2 rings (SSSR count). The number of rotatable bonds is 4. The molecule has 1 saturated heterocycles. The maximum absolute atomic E-state index is 12.5. The van der Waals surface area contributed by atoms with Gasteiger partial charge < -0.3 is 10.2 Å². The molecule has 0 saturated carbocycles. The predicted octanol–water partition coefficient (Wildman–Crippen LogP) is 0.233. The highest BCUT2D eigenvalue weighted by atomic mass is 32.2. The average molecular weight is 299 g/mol. The Morgan fingerprint density at radius 1 is 1.30 bits per heavy atom. The molecular weight excluding hydrogens is 278 g/mol. The van der Waals surface area contributed by atoms with Crippen molar-refractivity contribution in [3.05, 3.63) is 12.4 Å². The summed E-state index contributed by atoms with van der Waals surface area (Å²) in [5.74, 6) is 0.408. The number of aromatic nitrogens is 2. The number of nitrogens with zero attached hydrogens (tertiary/aromatic N) is 4. The normalized spacial score (nSPS) is 18.4. The van der Waals surface area contributed by atoms with Crippen LogP contribution in [0.4, 0.5) is 5.95 Å². The summed E-state index contributed by atoms with van der Waals surface area (Å²) >= 11 is 0. The number of nitrogens with one attached hydrogen (secondary N) is 1. The van der Waals surface area contributed by atoms with E-state index < -0.39 is 10.0 Å². The molecule has 0 aromatic carbocycles. The number of likely N-dealkylation sites (tertiary alicyclic amines) is 1. The van der Waals surface area contributed by atoms with E-state index in [1.807, 2.05) is 0 Å². The van der Waals surface area contributed by atoms with E-state index in [-0.39, 0.29) is 10.9 Å². The fraction of sp³-hybridized carbons (Fsp3) is 0.667. The maximum Gasteiger partial charge on any atom is 0.246 e. The van der Waals surface area contributed by atoms with Crippen molar-refractivity contribution in [2.24, 2.45) is 0 Å². The van der Waals surface area contributed by atoms with Crippen molar-refractivity contribution in [1.29, 1.82) is 0 Å². The largest absolute Gasteiger partial charge is 0.357 e. The van der Waals surface area contributed by atoms with Gasteiger partial charge in [0, 0.05) is 20.1 Å². The smallest absolute Gasteiger partial charge is 0.246 e. The van der Waals surface area contributed by atoms with Crippen LogP contribution < -0.4 is 5.32 Å². The third-order valence-electron chi connectivity index (χ3n) is 3.73. The molecule has 1 aliphatic heterocycles. The number of hydrogen-bond acceptors (Lipinski definition) is 6. The quantitative estimate of drug-likeness (QED) is 0.857. The lowest BCUT2D eigenvalue weighted by Crippen LogP contribution is -2.44. The molecule has 0 aliphatic carbocycles. The van der Waals surface area contributed by atoms with E-state index in [1.54, 1.807) is 14.1 Å². The Balaban J connectivity index is 2.16. The number of hydrogen-bond donors (Lipinski definition) is 1. The van der Waals surface area contributed by atoms with Crippen molar-refractivity contribution < 1.29 is 8.42 Å². The van der Waals surface area contributed by atoms with Crippen molar-refractivity contribution >= 4 is 16.0 Å². The second-order valence-electron chi connectivity index (χ2n) is 5.05. The summed E-state index contributed by atoms with van der Waals surface area (Å²) in [6.07, 6.45) is 4.39. The summed E-state index contributed by atoms with van der Waals surface area (Å²) in [4.78, 5) is 10.3. The highest BCUT2D eigenvalue weighted by molar-refractivity contribution is 7.89. The molecule has 0 bridgehead atoms. The third kappa shape index (κ3) is 3.08. The minimum Gasteiger partial charge on any atom is -0.357 e. The van der Waals surface area contributed by atoms with E-state index in [9.17, 15) is 8.42 Å². The monoisotopic (exact) mass is 299 g/mol. The van der Waals surface area contributed by atoms with Gasteiger partial charge in [0.2, 0.25) is 16.0 Å². The van der Waals surface area contributed by atoms with E-state index in [1.165, 1.54) is 16.7 Å². The molecule has 20 heavy (non-hydrogen) atoms. The van der Waals surface area contributed by atoms with Crippen molar-refractivity contribution in [3.63, 3.8) is 0 Å². The molecule has 0 spiro atoms. The Hall–Kier alpha value is -1.25. The fourth-order valence-electron chi connectivity index (χ4n) is 2.30. The van der Waals surface area contributed by atoms with Gasteiger partial charge >= 0.3 is 0 Å². The van der Waals surface area contributed by atoms with Crippen LogP contribution in [0.1, 0.15) is 12.8 Å². The third-order valence-corrected chi connectivity index (χ3v) is 5.59. The Morgan fingerprint density at radius 2 is 1.85 bits per heavy atom. The van der Waals surface area contributed by atoms with Gasteiger partial charge in [-0.3, -0.25) is 0 Å². The van der Waals surface area contributed by atoms with E-state index in [4.69, 9.17) is 0 Å². The van der Waals surface area contributed by atoms with E-state index in [0.717, 1.165) is 25.9 Å². The molecule has 0 atom stereocenters. The SMILES string of the molecule is CNc1ncc(S(=O)(=O)N(C)C2CCN(C)CC2)cn1. The van der Waals surface area contributed by atoms with Crippen LogP contribution in [-0.4, -0.2) is 67.9 Å². The molecule has 8 heteroatoms. The van der Waals surface area contributed by atoms with Crippen molar-refractivity contribution in [3.8, 4) is 0 Å². The van der Waals surface area contributed by atoms with Crippen LogP contribution >= 0.6 is 0 Å². The van der Waals surface area contributed by atoms with Crippen LogP contribution in [0, 0.1) is 0 Å². The lowest BCUT2D eigenvalue weighted by molar-refractivity contribution is 0.197.